The summed E-state index contributed by atoms with van der Waals surface area (Å²) in [5.41, 5.74) is 0.370. The van der Waals surface area contributed by atoms with Gasteiger partial charge in [0.15, 0.2) is 0 Å². The molecule has 0 bridgehead atoms. The lowest BCUT2D eigenvalue weighted by atomic mass is 10.2. The van der Waals surface area contributed by atoms with E-state index in [1.54, 1.807) is 6.92 Å². The highest BCUT2D eigenvalue weighted by Gasteiger charge is 2.19. The minimum Gasteiger partial charge on any atom is -0.469 e. The van der Waals surface area contributed by atoms with Crippen molar-refractivity contribution in [2.75, 3.05) is 34.3 Å². The van der Waals surface area contributed by atoms with Crippen LogP contribution in [0.3, 0.4) is 0 Å². The number of carbonyl (C=O) groups excluding carboxylic acids is 2. The molecule has 0 N–H and O–H groups in total. The summed E-state index contributed by atoms with van der Waals surface area (Å²) in [6.45, 7) is 2.49. The molecule has 1 amide bonds. The zero-order chi connectivity index (χ0) is 17.6. The Hall–Kier alpha value is -1.93. The van der Waals surface area contributed by atoms with E-state index in [1.807, 2.05) is 0 Å². The van der Waals surface area contributed by atoms with E-state index in [9.17, 15) is 18.0 Å². The highest BCUT2D eigenvalue weighted by molar-refractivity contribution is 7.89. The summed E-state index contributed by atoms with van der Waals surface area (Å²) in [5, 5.41) is 0. The number of nitrogens with zero attached hydrogens (tertiary/aromatic N) is 2. The smallest absolute Gasteiger partial charge is 0.307 e. The summed E-state index contributed by atoms with van der Waals surface area (Å²) in [6.07, 6.45) is 0.114. The molecule has 0 spiro atoms. The van der Waals surface area contributed by atoms with Gasteiger partial charge in [0.2, 0.25) is 10.0 Å². The van der Waals surface area contributed by atoms with Crippen LogP contribution >= 0.6 is 0 Å². The maximum atomic E-state index is 12.4. The van der Waals surface area contributed by atoms with Gasteiger partial charge in [-0.05, 0) is 31.2 Å². The van der Waals surface area contributed by atoms with Gasteiger partial charge in [-0.15, -0.1) is 0 Å². The van der Waals surface area contributed by atoms with E-state index in [1.165, 1.54) is 50.4 Å². The van der Waals surface area contributed by atoms with E-state index in [0.717, 1.165) is 4.31 Å². The fourth-order valence-electron chi connectivity index (χ4n) is 1.89. The van der Waals surface area contributed by atoms with E-state index >= 15 is 0 Å². The third-order valence-corrected chi connectivity index (χ3v) is 5.19. The van der Waals surface area contributed by atoms with Gasteiger partial charge < -0.3 is 9.64 Å². The number of hydrogen-bond acceptors (Lipinski definition) is 5. The maximum Gasteiger partial charge on any atom is 0.307 e. The van der Waals surface area contributed by atoms with E-state index in [-0.39, 0.29) is 29.7 Å². The molecular weight excluding hydrogens is 320 g/mol. The Morgan fingerprint density at radius 3 is 2.13 bits per heavy atom. The van der Waals surface area contributed by atoms with Crippen LogP contribution in [0, 0.1) is 0 Å². The lowest BCUT2D eigenvalue weighted by Crippen LogP contribution is -2.33. The van der Waals surface area contributed by atoms with E-state index in [0.29, 0.717) is 12.1 Å². The lowest BCUT2D eigenvalue weighted by molar-refractivity contribution is -0.140. The summed E-state index contributed by atoms with van der Waals surface area (Å²) in [6, 6.07) is 5.74. The van der Waals surface area contributed by atoms with Crippen LogP contribution in [-0.4, -0.2) is 63.8 Å². The third kappa shape index (κ3) is 4.77. The highest BCUT2D eigenvalue weighted by Crippen LogP contribution is 2.15. The number of rotatable bonds is 7. The number of methoxy groups -OCH3 is 1. The largest absolute Gasteiger partial charge is 0.469 e. The number of carbonyl (C=O) groups is 2. The first kappa shape index (κ1) is 19.1. The SMILES string of the molecule is CCN(CCC(=O)OC)C(=O)c1ccc(S(=O)(=O)N(C)C)cc1. The van der Waals surface area contributed by atoms with Crippen molar-refractivity contribution in [2.45, 2.75) is 18.2 Å². The summed E-state index contributed by atoms with van der Waals surface area (Å²) in [7, 11) is 0.662. The molecule has 0 heterocycles. The summed E-state index contributed by atoms with van der Waals surface area (Å²) in [4.78, 5) is 25.2. The Labute approximate surface area is 136 Å². The topological polar surface area (TPSA) is 84.0 Å². The minimum absolute atomic E-state index is 0.114. The molecule has 0 aliphatic rings. The van der Waals surface area contributed by atoms with Crippen LogP contribution in [0.25, 0.3) is 0 Å². The Balaban J connectivity index is 2.89. The molecule has 0 aliphatic carbocycles. The molecule has 23 heavy (non-hydrogen) atoms. The average molecular weight is 342 g/mol. The number of hydrogen-bond donors (Lipinski definition) is 0. The number of esters is 1. The van der Waals surface area contributed by atoms with Gasteiger partial charge in [0, 0.05) is 32.7 Å². The van der Waals surface area contributed by atoms with Gasteiger partial charge in [0.1, 0.15) is 0 Å². The van der Waals surface area contributed by atoms with Gasteiger partial charge in [-0.3, -0.25) is 9.59 Å². The molecule has 0 radical (unpaired) electrons. The molecule has 0 unspecified atom stereocenters. The molecule has 0 saturated carbocycles. The van der Waals surface area contributed by atoms with Crippen molar-refractivity contribution in [3.05, 3.63) is 29.8 Å². The normalized spacial score (nSPS) is 11.3. The number of sulfonamides is 1. The first-order chi connectivity index (χ1) is 10.7. The molecule has 0 aliphatic heterocycles. The summed E-state index contributed by atoms with van der Waals surface area (Å²) < 4.78 is 29.7. The first-order valence-corrected chi connectivity index (χ1v) is 8.56. The van der Waals surface area contributed by atoms with Crippen LogP contribution in [0.4, 0.5) is 0 Å². The molecule has 1 aromatic carbocycles. The van der Waals surface area contributed by atoms with Crippen LogP contribution in [0.2, 0.25) is 0 Å². The second-order valence-electron chi connectivity index (χ2n) is 5.02. The van der Waals surface area contributed by atoms with Gasteiger partial charge in [0.05, 0.1) is 18.4 Å². The standard InChI is InChI=1S/C15H22N2O5S/c1-5-17(11-10-14(18)22-4)15(19)12-6-8-13(9-7-12)23(20,21)16(2)3/h6-9H,5,10-11H2,1-4H3. The molecular formula is C15H22N2O5S. The number of amides is 1. The second-order valence-corrected chi connectivity index (χ2v) is 7.17. The van der Waals surface area contributed by atoms with Crippen molar-refractivity contribution in [2.24, 2.45) is 0 Å². The maximum absolute atomic E-state index is 12.4. The average Bonchev–Trinajstić information content (AvgIpc) is 2.54. The quantitative estimate of drug-likeness (QED) is 0.689. The molecule has 8 heteroatoms. The van der Waals surface area contributed by atoms with Crippen LogP contribution in [-0.2, 0) is 19.6 Å². The van der Waals surface area contributed by atoms with Gasteiger partial charge in [-0.1, -0.05) is 0 Å². The van der Waals surface area contributed by atoms with E-state index < -0.39 is 10.0 Å². The fourth-order valence-corrected chi connectivity index (χ4v) is 2.80. The van der Waals surface area contributed by atoms with Crippen LogP contribution in [0.5, 0.6) is 0 Å². The molecule has 128 valence electrons. The number of benzene rings is 1. The van der Waals surface area contributed by atoms with Gasteiger partial charge in [0.25, 0.3) is 5.91 Å². The molecule has 1 aromatic rings. The van der Waals surface area contributed by atoms with Crippen molar-refractivity contribution >= 4 is 21.9 Å². The van der Waals surface area contributed by atoms with Crippen LogP contribution in [0.1, 0.15) is 23.7 Å². The number of ether oxygens (including phenoxy) is 1. The van der Waals surface area contributed by atoms with Crippen molar-refractivity contribution in [1.82, 2.24) is 9.21 Å². The van der Waals surface area contributed by atoms with Crippen molar-refractivity contribution in [1.29, 1.82) is 0 Å². The summed E-state index contributed by atoms with van der Waals surface area (Å²) in [5.74, 6) is -0.645. The monoisotopic (exact) mass is 342 g/mol. The van der Waals surface area contributed by atoms with E-state index in [2.05, 4.69) is 4.74 Å². The molecule has 0 fully saturated rings. The Morgan fingerprint density at radius 1 is 1.13 bits per heavy atom. The fraction of sp³-hybridized carbons (Fsp3) is 0.467. The molecule has 1 rings (SSSR count). The zero-order valence-corrected chi connectivity index (χ0v) is 14.6. The van der Waals surface area contributed by atoms with Crippen LogP contribution in [0.15, 0.2) is 29.2 Å². The first-order valence-electron chi connectivity index (χ1n) is 7.12. The molecule has 0 aromatic heterocycles. The van der Waals surface area contributed by atoms with Gasteiger partial charge >= 0.3 is 5.97 Å². The van der Waals surface area contributed by atoms with Gasteiger partial charge in [-0.25, -0.2) is 12.7 Å². The second kappa shape index (κ2) is 8.07. The minimum atomic E-state index is -3.52. The van der Waals surface area contributed by atoms with Crippen molar-refractivity contribution in [3.63, 3.8) is 0 Å². The molecule has 7 nitrogen and oxygen atoms in total. The Morgan fingerprint density at radius 2 is 1.70 bits per heavy atom. The van der Waals surface area contributed by atoms with E-state index in [4.69, 9.17) is 0 Å². The Bertz CT molecular complexity index is 653. The van der Waals surface area contributed by atoms with Crippen molar-refractivity contribution in [3.8, 4) is 0 Å². The van der Waals surface area contributed by atoms with Gasteiger partial charge in [-0.2, -0.15) is 0 Å². The predicted octanol–water partition coefficient (Wildman–Crippen LogP) is 0.962. The predicted molar refractivity (Wildman–Crippen MR) is 85.5 cm³/mol. The van der Waals surface area contributed by atoms with Crippen molar-refractivity contribution < 1.29 is 22.7 Å². The zero-order valence-electron chi connectivity index (χ0n) is 13.8. The molecule has 0 atom stereocenters. The van der Waals surface area contributed by atoms with Crippen LogP contribution < -0.4 is 0 Å². The highest BCUT2D eigenvalue weighted by atomic mass is 32.2. The lowest BCUT2D eigenvalue weighted by Gasteiger charge is -2.20. The molecule has 0 saturated heterocycles. The third-order valence-electron chi connectivity index (χ3n) is 3.36. The Kier molecular flexibility index (Phi) is 6.71. The summed E-state index contributed by atoms with van der Waals surface area (Å²) >= 11 is 0.